The van der Waals surface area contributed by atoms with Gasteiger partial charge in [0.25, 0.3) is 5.69 Å². The predicted octanol–water partition coefficient (Wildman–Crippen LogP) is 1.46. The van der Waals surface area contributed by atoms with Crippen LogP contribution in [0.5, 0.6) is 0 Å². The molecule has 1 N–H and O–H groups in total. The monoisotopic (exact) mass is 253 g/mol. The molecule has 0 aliphatic rings. The highest BCUT2D eigenvalue weighted by Gasteiger charge is 2.17. The first-order valence-corrected chi connectivity index (χ1v) is 5.38. The molecule has 0 saturated heterocycles. The summed E-state index contributed by atoms with van der Waals surface area (Å²) in [5.74, 6) is -0.874. The molecule has 7 nitrogen and oxygen atoms in total. The maximum atomic E-state index is 10.8. The quantitative estimate of drug-likeness (QED) is 0.630. The minimum atomic E-state index is -0.888. The Morgan fingerprint density at radius 3 is 2.72 bits per heavy atom. The highest BCUT2D eigenvalue weighted by molar-refractivity contribution is 5.70. The van der Waals surface area contributed by atoms with Gasteiger partial charge in [0, 0.05) is 19.7 Å². The summed E-state index contributed by atoms with van der Waals surface area (Å²) in [7, 11) is 1.71. The van der Waals surface area contributed by atoms with E-state index in [0.29, 0.717) is 17.9 Å². The van der Waals surface area contributed by atoms with E-state index in [0.717, 1.165) is 0 Å². The molecule has 0 aliphatic carbocycles. The van der Waals surface area contributed by atoms with Crippen LogP contribution in [0.1, 0.15) is 12.5 Å². The zero-order valence-corrected chi connectivity index (χ0v) is 10.5. The minimum Gasteiger partial charge on any atom is -0.481 e. The summed E-state index contributed by atoms with van der Waals surface area (Å²) in [6, 6.07) is 1.42. The fourth-order valence-corrected chi connectivity index (χ4v) is 1.63. The van der Waals surface area contributed by atoms with E-state index in [1.165, 1.54) is 12.3 Å². The molecule has 0 saturated carbocycles. The van der Waals surface area contributed by atoms with Gasteiger partial charge in [-0.25, -0.2) is 4.98 Å². The number of rotatable bonds is 5. The number of carboxylic acids is 1. The number of hydrogen-bond acceptors (Lipinski definition) is 5. The van der Waals surface area contributed by atoms with Crippen LogP contribution < -0.4 is 4.90 Å². The normalized spacial score (nSPS) is 11.9. The zero-order valence-electron chi connectivity index (χ0n) is 10.5. The van der Waals surface area contributed by atoms with Crippen LogP contribution in [0.4, 0.5) is 11.5 Å². The number of anilines is 1. The van der Waals surface area contributed by atoms with E-state index in [-0.39, 0.29) is 5.69 Å². The molecular weight excluding hydrogens is 238 g/mol. The largest absolute Gasteiger partial charge is 0.481 e. The third-order valence-corrected chi connectivity index (χ3v) is 2.58. The smallest absolute Gasteiger partial charge is 0.308 e. The molecule has 1 rings (SSSR count). The van der Waals surface area contributed by atoms with E-state index in [9.17, 15) is 14.9 Å². The molecule has 0 radical (unpaired) electrons. The molecule has 0 aromatic carbocycles. The number of aliphatic carboxylic acids is 1. The molecule has 1 aromatic rings. The first-order valence-electron chi connectivity index (χ1n) is 5.38. The second kappa shape index (κ2) is 5.44. The number of aryl methyl sites for hydroxylation is 1. The molecule has 1 aromatic heterocycles. The number of pyridine rings is 1. The summed E-state index contributed by atoms with van der Waals surface area (Å²) >= 11 is 0. The van der Waals surface area contributed by atoms with E-state index < -0.39 is 16.8 Å². The molecule has 0 bridgehead atoms. The molecule has 1 heterocycles. The lowest BCUT2D eigenvalue weighted by molar-refractivity contribution is -0.385. The second-order valence-corrected chi connectivity index (χ2v) is 4.21. The maximum Gasteiger partial charge on any atom is 0.308 e. The Labute approximate surface area is 104 Å². The van der Waals surface area contributed by atoms with Crippen molar-refractivity contribution in [2.24, 2.45) is 5.92 Å². The van der Waals surface area contributed by atoms with Crippen LogP contribution in [0.2, 0.25) is 0 Å². The summed E-state index contributed by atoms with van der Waals surface area (Å²) in [5, 5.41) is 19.4. The van der Waals surface area contributed by atoms with Crippen molar-refractivity contribution in [2.45, 2.75) is 13.8 Å². The van der Waals surface area contributed by atoms with Crippen molar-refractivity contribution in [1.82, 2.24) is 4.98 Å². The molecule has 0 aliphatic heterocycles. The van der Waals surface area contributed by atoms with Gasteiger partial charge in [0.05, 0.1) is 10.8 Å². The number of aromatic nitrogens is 1. The van der Waals surface area contributed by atoms with Gasteiger partial charge in [-0.2, -0.15) is 0 Å². The van der Waals surface area contributed by atoms with Gasteiger partial charge >= 0.3 is 5.97 Å². The van der Waals surface area contributed by atoms with Gasteiger partial charge in [0.2, 0.25) is 0 Å². The standard InChI is InChI=1S/C11H15N3O4/c1-7-4-9(14(17)18)5-12-10(7)13(3)6-8(2)11(15)16/h4-5,8H,6H2,1-3H3,(H,15,16). The average molecular weight is 253 g/mol. The van der Waals surface area contributed by atoms with Gasteiger partial charge in [0.15, 0.2) is 0 Å². The summed E-state index contributed by atoms with van der Waals surface area (Å²) in [6.45, 7) is 3.60. The van der Waals surface area contributed by atoms with Gasteiger partial charge in [0.1, 0.15) is 12.0 Å². The van der Waals surface area contributed by atoms with Crippen LogP contribution in [0.25, 0.3) is 0 Å². The van der Waals surface area contributed by atoms with E-state index in [2.05, 4.69) is 4.98 Å². The van der Waals surface area contributed by atoms with Gasteiger partial charge in [-0.15, -0.1) is 0 Å². The van der Waals surface area contributed by atoms with Crippen molar-refractivity contribution >= 4 is 17.5 Å². The molecule has 0 spiro atoms. The first kappa shape index (κ1) is 13.9. The van der Waals surface area contributed by atoms with Gasteiger partial charge in [-0.1, -0.05) is 6.92 Å². The van der Waals surface area contributed by atoms with Crippen molar-refractivity contribution < 1.29 is 14.8 Å². The van der Waals surface area contributed by atoms with Crippen molar-refractivity contribution in [1.29, 1.82) is 0 Å². The Balaban J connectivity index is 2.90. The third kappa shape index (κ3) is 3.16. The fraction of sp³-hybridized carbons (Fsp3) is 0.455. The molecule has 98 valence electrons. The number of carboxylic acid groups (broad SMARTS) is 1. The number of hydrogen-bond donors (Lipinski definition) is 1. The molecule has 7 heteroatoms. The third-order valence-electron chi connectivity index (χ3n) is 2.58. The fourth-order valence-electron chi connectivity index (χ4n) is 1.63. The maximum absolute atomic E-state index is 10.8. The lowest BCUT2D eigenvalue weighted by Gasteiger charge is -2.21. The molecule has 0 fully saturated rings. The number of nitro groups is 1. The summed E-state index contributed by atoms with van der Waals surface area (Å²) in [4.78, 5) is 26.5. The van der Waals surface area contributed by atoms with Crippen LogP contribution in [-0.2, 0) is 4.79 Å². The molecular formula is C11H15N3O4. The van der Waals surface area contributed by atoms with E-state index in [1.807, 2.05) is 0 Å². The summed E-state index contributed by atoms with van der Waals surface area (Å²) < 4.78 is 0. The minimum absolute atomic E-state index is 0.0732. The Morgan fingerprint density at radius 1 is 1.67 bits per heavy atom. The van der Waals surface area contributed by atoms with E-state index in [1.54, 1.807) is 25.8 Å². The van der Waals surface area contributed by atoms with Gasteiger partial charge in [-0.05, 0) is 12.5 Å². The van der Waals surface area contributed by atoms with Crippen molar-refractivity contribution in [3.63, 3.8) is 0 Å². The highest BCUT2D eigenvalue weighted by Crippen LogP contribution is 2.21. The van der Waals surface area contributed by atoms with Gasteiger partial charge in [-0.3, -0.25) is 14.9 Å². The summed E-state index contributed by atoms with van der Waals surface area (Å²) in [6.07, 6.45) is 1.17. The van der Waals surface area contributed by atoms with Crippen molar-refractivity contribution in [3.8, 4) is 0 Å². The van der Waals surface area contributed by atoms with Crippen LogP contribution in [0.3, 0.4) is 0 Å². The Kier molecular flexibility index (Phi) is 4.19. The topological polar surface area (TPSA) is 96.6 Å². The number of nitrogens with zero attached hydrogens (tertiary/aromatic N) is 3. The van der Waals surface area contributed by atoms with Crippen molar-refractivity contribution in [3.05, 3.63) is 27.9 Å². The predicted molar refractivity (Wildman–Crippen MR) is 65.7 cm³/mol. The molecule has 0 amide bonds. The SMILES string of the molecule is Cc1cc([N+](=O)[O-])cnc1N(C)CC(C)C(=O)O. The van der Waals surface area contributed by atoms with E-state index in [4.69, 9.17) is 5.11 Å². The van der Waals surface area contributed by atoms with Crippen LogP contribution >= 0.6 is 0 Å². The molecule has 18 heavy (non-hydrogen) atoms. The lowest BCUT2D eigenvalue weighted by atomic mass is 10.1. The summed E-state index contributed by atoms with van der Waals surface area (Å²) in [5.41, 5.74) is 0.570. The lowest BCUT2D eigenvalue weighted by Crippen LogP contribution is -2.29. The second-order valence-electron chi connectivity index (χ2n) is 4.21. The molecule has 1 unspecified atom stereocenters. The first-order chi connectivity index (χ1) is 8.32. The molecule has 1 atom stereocenters. The zero-order chi connectivity index (χ0) is 13.9. The van der Waals surface area contributed by atoms with E-state index >= 15 is 0 Å². The average Bonchev–Trinajstić information content (AvgIpc) is 2.28. The Hall–Kier alpha value is -2.18. The van der Waals surface area contributed by atoms with Crippen molar-refractivity contribution in [2.75, 3.05) is 18.5 Å². The van der Waals surface area contributed by atoms with Crippen LogP contribution in [-0.4, -0.2) is 34.6 Å². The van der Waals surface area contributed by atoms with Crippen LogP contribution in [0.15, 0.2) is 12.3 Å². The number of carbonyl (C=O) groups is 1. The Bertz CT molecular complexity index is 475. The van der Waals surface area contributed by atoms with Gasteiger partial charge < -0.3 is 10.0 Å². The van der Waals surface area contributed by atoms with Crippen LogP contribution in [0, 0.1) is 23.0 Å². The highest BCUT2D eigenvalue weighted by atomic mass is 16.6. The Morgan fingerprint density at radius 2 is 2.28 bits per heavy atom.